The summed E-state index contributed by atoms with van der Waals surface area (Å²) in [6.07, 6.45) is 9.26. The van der Waals surface area contributed by atoms with Gasteiger partial charge in [-0.3, -0.25) is 9.59 Å². The highest BCUT2D eigenvalue weighted by molar-refractivity contribution is 5.86. The zero-order valence-corrected chi connectivity index (χ0v) is 20.1. The van der Waals surface area contributed by atoms with Crippen molar-refractivity contribution in [1.82, 2.24) is 0 Å². The van der Waals surface area contributed by atoms with Gasteiger partial charge in [-0.2, -0.15) is 0 Å². The molecule has 0 spiro atoms. The summed E-state index contributed by atoms with van der Waals surface area (Å²) in [6, 6.07) is 0. The van der Waals surface area contributed by atoms with Crippen LogP contribution in [-0.2, 0) is 9.59 Å². The molecule has 31 heavy (non-hydrogen) atoms. The highest BCUT2D eigenvalue weighted by Crippen LogP contribution is 2.71. The lowest BCUT2D eigenvalue weighted by molar-refractivity contribution is -0.138. The fraction of sp³-hybridized carbons (Fsp3) is 0.778. The minimum Gasteiger partial charge on any atom is -0.481 e. The molecule has 0 aromatic rings. The minimum atomic E-state index is -0.743. The molecule has 1 unspecified atom stereocenters. The van der Waals surface area contributed by atoms with Crippen LogP contribution in [0.5, 0.6) is 0 Å². The monoisotopic (exact) mass is 428 g/mol. The van der Waals surface area contributed by atoms with Crippen LogP contribution in [0.1, 0.15) is 86.5 Å². The third-order valence-corrected chi connectivity index (χ3v) is 10.6. The Morgan fingerprint density at radius 2 is 1.84 bits per heavy atom. The average Bonchev–Trinajstić information content (AvgIpc) is 2.90. The van der Waals surface area contributed by atoms with E-state index >= 15 is 0 Å². The number of hydrogen-bond acceptors (Lipinski definition) is 3. The summed E-state index contributed by atoms with van der Waals surface area (Å²) in [5, 5.41) is 20.6. The van der Waals surface area contributed by atoms with Crippen LogP contribution in [0.25, 0.3) is 0 Å². The molecule has 2 N–H and O–H groups in total. The molecular formula is C27H40O4. The molecule has 4 aliphatic rings. The van der Waals surface area contributed by atoms with E-state index in [1.807, 2.05) is 0 Å². The van der Waals surface area contributed by atoms with Crippen LogP contribution in [0, 0.1) is 39.4 Å². The van der Waals surface area contributed by atoms with Gasteiger partial charge >= 0.3 is 5.97 Å². The molecule has 172 valence electrons. The summed E-state index contributed by atoms with van der Waals surface area (Å²) in [4.78, 5) is 23.9. The molecule has 4 aliphatic carbocycles. The number of hydrogen-bond donors (Lipinski definition) is 2. The van der Waals surface area contributed by atoms with Crippen molar-refractivity contribution in [2.75, 3.05) is 0 Å². The zero-order valence-electron chi connectivity index (χ0n) is 20.1. The van der Waals surface area contributed by atoms with Gasteiger partial charge in [-0.05, 0) is 71.8 Å². The normalized spacial score (nSPS) is 44.5. The lowest BCUT2D eigenvalue weighted by atomic mass is 9.44. The van der Waals surface area contributed by atoms with Crippen LogP contribution < -0.4 is 0 Å². The lowest BCUT2D eigenvalue weighted by Gasteiger charge is -2.60. The van der Waals surface area contributed by atoms with E-state index in [2.05, 4.69) is 53.7 Å². The third-order valence-electron chi connectivity index (χ3n) is 10.6. The zero-order chi connectivity index (χ0) is 23.0. The number of ketones is 1. The van der Waals surface area contributed by atoms with Crippen molar-refractivity contribution in [1.29, 1.82) is 0 Å². The molecule has 7 atom stereocenters. The quantitative estimate of drug-likeness (QED) is 0.615. The number of carboxylic acid groups (broad SMARTS) is 1. The molecular weight excluding hydrogens is 388 g/mol. The van der Waals surface area contributed by atoms with Crippen LogP contribution in [-0.4, -0.2) is 28.1 Å². The maximum absolute atomic E-state index is 12.7. The number of allylic oxidation sites excluding steroid dienone is 3. The van der Waals surface area contributed by atoms with Crippen molar-refractivity contribution in [2.24, 2.45) is 39.4 Å². The summed E-state index contributed by atoms with van der Waals surface area (Å²) in [5.74, 6) is 0.486. The van der Waals surface area contributed by atoms with Crippen LogP contribution in [0.4, 0.5) is 0 Å². The summed E-state index contributed by atoms with van der Waals surface area (Å²) in [7, 11) is 0. The number of aliphatic hydroxyl groups excluding tert-OH is 1. The van der Waals surface area contributed by atoms with E-state index < -0.39 is 12.1 Å². The van der Waals surface area contributed by atoms with Gasteiger partial charge in [0.2, 0.25) is 0 Å². The molecule has 0 radical (unpaired) electrons. The fourth-order valence-corrected chi connectivity index (χ4v) is 8.30. The molecule has 4 nitrogen and oxygen atoms in total. The minimum absolute atomic E-state index is 0.0292. The smallest absolute Gasteiger partial charge is 0.303 e. The Kier molecular flexibility index (Phi) is 5.17. The second kappa shape index (κ2) is 7.04. The van der Waals surface area contributed by atoms with Gasteiger partial charge in [-0.1, -0.05) is 53.7 Å². The van der Waals surface area contributed by atoms with E-state index in [0.717, 1.165) is 25.7 Å². The van der Waals surface area contributed by atoms with Gasteiger partial charge in [-0.15, -0.1) is 0 Å². The number of carbonyl (C=O) groups is 2. The van der Waals surface area contributed by atoms with E-state index in [0.29, 0.717) is 30.5 Å². The predicted molar refractivity (Wildman–Crippen MR) is 121 cm³/mol. The van der Waals surface area contributed by atoms with Crippen LogP contribution in [0.2, 0.25) is 0 Å². The van der Waals surface area contributed by atoms with E-state index in [9.17, 15) is 14.7 Å². The molecule has 0 aromatic carbocycles. The predicted octanol–water partition coefficient (Wildman–Crippen LogP) is 5.55. The van der Waals surface area contributed by atoms with Gasteiger partial charge in [0.25, 0.3) is 0 Å². The summed E-state index contributed by atoms with van der Waals surface area (Å²) < 4.78 is 0. The van der Waals surface area contributed by atoms with Crippen LogP contribution >= 0.6 is 0 Å². The molecule has 0 bridgehead atoms. The Balaban J connectivity index is 1.75. The van der Waals surface area contributed by atoms with E-state index in [-0.39, 0.29) is 34.0 Å². The Morgan fingerprint density at radius 3 is 2.48 bits per heavy atom. The maximum atomic E-state index is 12.7. The fourth-order valence-electron chi connectivity index (χ4n) is 8.30. The largest absolute Gasteiger partial charge is 0.481 e. The highest BCUT2D eigenvalue weighted by atomic mass is 16.4. The number of carboxylic acids is 1. The first kappa shape index (κ1) is 22.8. The summed E-state index contributed by atoms with van der Waals surface area (Å²) in [6.45, 7) is 13.3. The summed E-state index contributed by atoms with van der Waals surface area (Å²) >= 11 is 0. The van der Waals surface area contributed by atoms with Gasteiger partial charge in [0.05, 0.1) is 6.10 Å². The Morgan fingerprint density at radius 1 is 1.16 bits per heavy atom. The number of fused-ring (bicyclic) bond motifs is 5. The Bertz CT molecular complexity index is 866. The van der Waals surface area contributed by atoms with Gasteiger partial charge in [0.1, 0.15) is 5.78 Å². The number of Topliss-reactive ketones (excluding diaryl/α,β-unsaturated/α-hetero) is 1. The molecule has 2 saturated carbocycles. The van der Waals surface area contributed by atoms with Crippen molar-refractivity contribution >= 4 is 11.8 Å². The number of aliphatic carboxylic acids is 1. The first-order chi connectivity index (χ1) is 14.3. The van der Waals surface area contributed by atoms with Gasteiger partial charge in [0.15, 0.2) is 0 Å². The Labute approximate surface area is 187 Å². The second-order valence-corrected chi connectivity index (χ2v) is 12.2. The van der Waals surface area contributed by atoms with Gasteiger partial charge in [-0.25, -0.2) is 0 Å². The maximum Gasteiger partial charge on any atom is 0.303 e. The van der Waals surface area contributed by atoms with Gasteiger partial charge in [0, 0.05) is 23.7 Å². The molecule has 4 heteroatoms. The highest BCUT2D eigenvalue weighted by Gasteiger charge is 2.66. The standard InChI is InChI=1S/C27H40O4/c1-16(7-10-23(30)31)19-15-22(29)27(6)18-8-9-20-24(2,3)21(28)12-13-25(20,4)17(18)11-14-26(19,27)5/h8,11,16,19-20,22,29H,7,9-10,12-15H2,1-6H3,(H,30,31)/t16-,19-,20?,22+,25-,26-,27-/m1/s1. The first-order valence-electron chi connectivity index (χ1n) is 12.1. The second-order valence-electron chi connectivity index (χ2n) is 12.2. The van der Waals surface area contributed by atoms with E-state index in [1.165, 1.54) is 11.1 Å². The lowest BCUT2D eigenvalue weighted by Crippen LogP contribution is -2.54. The molecule has 0 aliphatic heterocycles. The van der Waals surface area contributed by atoms with Crippen LogP contribution in [0.3, 0.4) is 0 Å². The summed E-state index contributed by atoms with van der Waals surface area (Å²) in [5.41, 5.74) is 1.91. The molecule has 0 saturated heterocycles. The van der Waals surface area contributed by atoms with Crippen LogP contribution in [0.15, 0.2) is 23.3 Å². The SMILES string of the molecule is C[C@H](CCC(=O)O)[C@H]1C[C@H](O)[C@@]2(C)C3=CCC4C(C)(C)C(=O)CC[C@]4(C)C3=CC[C@]12C. The number of carbonyl (C=O) groups excluding carboxylic acids is 1. The van der Waals surface area contributed by atoms with Crippen molar-refractivity contribution < 1.29 is 19.8 Å². The van der Waals surface area contributed by atoms with Crippen molar-refractivity contribution in [3.63, 3.8) is 0 Å². The van der Waals surface area contributed by atoms with Crippen molar-refractivity contribution in [3.8, 4) is 0 Å². The first-order valence-corrected chi connectivity index (χ1v) is 12.1. The average molecular weight is 429 g/mol. The van der Waals surface area contributed by atoms with E-state index in [1.54, 1.807) is 0 Å². The molecule has 0 aromatic heterocycles. The third kappa shape index (κ3) is 2.89. The number of rotatable bonds is 4. The Hall–Kier alpha value is -1.42. The van der Waals surface area contributed by atoms with Crippen molar-refractivity contribution in [2.45, 2.75) is 92.6 Å². The topological polar surface area (TPSA) is 74.6 Å². The van der Waals surface area contributed by atoms with E-state index in [4.69, 9.17) is 5.11 Å². The molecule has 2 fully saturated rings. The van der Waals surface area contributed by atoms with Gasteiger partial charge < -0.3 is 10.2 Å². The van der Waals surface area contributed by atoms with Crippen molar-refractivity contribution in [3.05, 3.63) is 23.3 Å². The molecule has 0 amide bonds. The number of aliphatic hydroxyl groups is 1. The molecule has 4 rings (SSSR count). The molecule has 0 heterocycles.